The van der Waals surface area contributed by atoms with Crippen molar-refractivity contribution in [2.24, 2.45) is 5.92 Å². The van der Waals surface area contributed by atoms with Crippen LogP contribution in [0.1, 0.15) is 26.7 Å². The molecule has 0 aliphatic heterocycles. The lowest BCUT2D eigenvalue weighted by atomic mass is 10.1. The number of carboxylic acid groups (broad SMARTS) is 1. The number of nitrogens with one attached hydrogen (secondary N) is 1. The molecule has 0 aromatic heterocycles. The number of carboxylic acids is 1. The molecule has 0 saturated heterocycles. The minimum Gasteiger partial charge on any atom is -0.479 e. The Morgan fingerprint density at radius 1 is 1.54 bits per heavy atom. The standard InChI is InChI=1S/C8H15NO4/c1-3-6(2)4-7(10)9-13-5-8(11)12/h6H,3-5H2,1-2H3,(H,9,10)(H,11,12). The minimum absolute atomic E-state index is 0.282. The van der Waals surface area contributed by atoms with Gasteiger partial charge < -0.3 is 5.11 Å². The zero-order valence-corrected chi connectivity index (χ0v) is 7.87. The van der Waals surface area contributed by atoms with Crippen molar-refractivity contribution in [3.63, 3.8) is 0 Å². The van der Waals surface area contributed by atoms with Crippen LogP contribution >= 0.6 is 0 Å². The highest BCUT2D eigenvalue weighted by molar-refractivity contribution is 5.75. The van der Waals surface area contributed by atoms with Crippen molar-refractivity contribution < 1.29 is 19.5 Å². The van der Waals surface area contributed by atoms with Gasteiger partial charge >= 0.3 is 5.97 Å². The lowest BCUT2D eigenvalue weighted by Gasteiger charge is -2.07. The first-order valence-corrected chi connectivity index (χ1v) is 4.18. The Hall–Kier alpha value is -1.10. The van der Waals surface area contributed by atoms with Gasteiger partial charge in [0, 0.05) is 6.42 Å². The first kappa shape index (κ1) is 11.9. The van der Waals surface area contributed by atoms with Crippen molar-refractivity contribution in [1.82, 2.24) is 5.48 Å². The van der Waals surface area contributed by atoms with Gasteiger partial charge in [0.1, 0.15) is 0 Å². The van der Waals surface area contributed by atoms with E-state index in [0.717, 1.165) is 6.42 Å². The third kappa shape index (κ3) is 7.27. The second-order valence-electron chi connectivity index (χ2n) is 2.93. The minimum atomic E-state index is -1.11. The molecule has 1 amide bonds. The zero-order chi connectivity index (χ0) is 10.3. The number of carbonyl (C=O) groups excluding carboxylic acids is 1. The van der Waals surface area contributed by atoms with Gasteiger partial charge in [-0.05, 0) is 5.92 Å². The van der Waals surface area contributed by atoms with Crippen LogP contribution in [0.25, 0.3) is 0 Å². The monoisotopic (exact) mass is 189 g/mol. The van der Waals surface area contributed by atoms with E-state index < -0.39 is 12.6 Å². The van der Waals surface area contributed by atoms with Crippen molar-refractivity contribution in [2.45, 2.75) is 26.7 Å². The van der Waals surface area contributed by atoms with Gasteiger partial charge in [-0.2, -0.15) is 0 Å². The molecular formula is C8H15NO4. The maximum Gasteiger partial charge on any atom is 0.332 e. The lowest BCUT2D eigenvalue weighted by molar-refractivity contribution is -0.149. The zero-order valence-electron chi connectivity index (χ0n) is 7.87. The summed E-state index contributed by atoms with van der Waals surface area (Å²) in [4.78, 5) is 25.4. The van der Waals surface area contributed by atoms with Crippen LogP contribution in [0.2, 0.25) is 0 Å². The second kappa shape index (κ2) is 6.42. The first-order valence-electron chi connectivity index (χ1n) is 4.18. The smallest absolute Gasteiger partial charge is 0.332 e. The van der Waals surface area contributed by atoms with Gasteiger partial charge in [-0.15, -0.1) is 0 Å². The van der Waals surface area contributed by atoms with E-state index in [1.54, 1.807) is 0 Å². The number of hydroxylamine groups is 1. The Morgan fingerprint density at radius 3 is 2.62 bits per heavy atom. The molecule has 76 valence electrons. The fourth-order valence-corrected chi connectivity index (χ4v) is 0.681. The molecule has 5 nitrogen and oxygen atoms in total. The van der Waals surface area contributed by atoms with E-state index >= 15 is 0 Å². The third-order valence-corrected chi connectivity index (χ3v) is 1.61. The molecule has 5 heteroatoms. The molecule has 13 heavy (non-hydrogen) atoms. The summed E-state index contributed by atoms with van der Waals surface area (Å²) in [6.45, 7) is 3.42. The highest BCUT2D eigenvalue weighted by Gasteiger charge is 2.07. The van der Waals surface area contributed by atoms with Crippen LogP contribution in [0.5, 0.6) is 0 Å². The van der Waals surface area contributed by atoms with E-state index in [1.165, 1.54) is 0 Å². The highest BCUT2D eigenvalue weighted by Crippen LogP contribution is 2.05. The van der Waals surface area contributed by atoms with E-state index in [4.69, 9.17) is 5.11 Å². The average molecular weight is 189 g/mol. The molecule has 0 aliphatic carbocycles. The summed E-state index contributed by atoms with van der Waals surface area (Å²) in [5, 5.41) is 8.18. The number of carbonyl (C=O) groups is 2. The van der Waals surface area contributed by atoms with Crippen LogP contribution in [0.15, 0.2) is 0 Å². The van der Waals surface area contributed by atoms with E-state index in [9.17, 15) is 9.59 Å². The lowest BCUT2D eigenvalue weighted by Crippen LogP contribution is -2.27. The molecule has 0 spiro atoms. The molecule has 0 aromatic carbocycles. The van der Waals surface area contributed by atoms with Crippen molar-refractivity contribution in [3.05, 3.63) is 0 Å². The van der Waals surface area contributed by atoms with Crippen LogP contribution in [0, 0.1) is 5.92 Å². The molecular weight excluding hydrogens is 174 g/mol. The van der Waals surface area contributed by atoms with Crippen molar-refractivity contribution in [2.75, 3.05) is 6.61 Å². The fraction of sp³-hybridized carbons (Fsp3) is 0.750. The van der Waals surface area contributed by atoms with Gasteiger partial charge in [0.25, 0.3) is 0 Å². The number of amides is 1. The highest BCUT2D eigenvalue weighted by atomic mass is 16.7. The molecule has 0 radical (unpaired) electrons. The van der Waals surface area contributed by atoms with Gasteiger partial charge in [0.2, 0.25) is 5.91 Å². The third-order valence-electron chi connectivity index (χ3n) is 1.61. The molecule has 0 aliphatic rings. The Labute approximate surface area is 77.0 Å². The van der Waals surface area contributed by atoms with E-state index in [2.05, 4.69) is 10.3 Å². The van der Waals surface area contributed by atoms with Crippen LogP contribution in [-0.4, -0.2) is 23.6 Å². The van der Waals surface area contributed by atoms with Crippen LogP contribution < -0.4 is 5.48 Å². The summed E-state index contributed by atoms with van der Waals surface area (Å²) in [5.41, 5.74) is 2.06. The Kier molecular flexibility index (Phi) is 5.88. The fourth-order valence-electron chi connectivity index (χ4n) is 0.681. The molecule has 2 N–H and O–H groups in total. The van der Waals surface area contributed by atoms with E-state index in [0.29, 0.717) is 6.42 Å². The predicted molar refractivity (Wildman–Crippen MR) is 45.8 cm³/mol. The first-order chi connectivity index (χ1) is 6.06. The molecule has 0 aromatic rings. The molecule has 0 heterocycles. The maximum atomic E-state index is 11.0. The quantitative estimate of drug-likeness (QED) is 0.598. The SMILES string of the molecule is CCC(C)CC(=O)NOCC(=O)O. The van der Waals surface area contributed by atoms with E-state index in [-0.39, 0.29) is 11.8 Å². The number of hydrogen-bond donors (Lipinski definition) is 2. The summed E-state index contributed by atoms with van der Waals surface area (Å²) in [5.74, 6) is -1.10. The van der Waals surface area contributed by atoms with Gasteiger partial charge in [-0.1, -0.05) is 20.3 Å². The summed E-state index contributed by atoms with van der Waals surface area (Å²) in [7, 11) is 0. The molecule has 0 bridgehead atoms. The average Bonchev–Trinajstić information content (AvgIpc) is 2.03. The molecule has 0 rings (SSSR count). The molecule has 1 unspecified atom stereocenters. The summed E-state index contributed by atoms with van der Waals surface area (Å²) in [6, 6.07) is 0. The summed E-state index contributed by atoms with van der Waals surface area (Å²) >= 11 is 0. The normalized spacial score (nSPS) is 12.2. The predicted octanol–water partition coefficient (Wildman–Crippen LogP) is 0.555. The molecule has 0 fully saturated rings. The Balaban J connectivity index is 3.46. The molecule has 1 atom stereocenters. The van der Waals surface area contributed by atoms with Gasteiger partial charge in [0.15, 0.2) is 6.61 Å². The largest absolute Gasteiger partial charge is 0.479 e. The van der Waals surface area contributed by atoms with Crippen molar-refractivity contribution >= 4 is 11.9 Å². The van der Waals surface area contributed by atoms with Crippen molar-refractivity contribution in [3.8, 4) is 0 Å². The second-order valence-corrected chi connectivity index (χ2v) is 2.93. The van der Waals surface area contributed by atoms with E-state index in [1.807, 2.05) is 13.8 Å². The number of rotatable bonds is 6. The summed E-state index contributed by atoms with van der Waals surface area (Å²) < 4.78 is 0. The number of aliphatic carboxylic acids is 1. The molecule has 0 saturated carbocycles. The van der Waals surface area contributed by atoms with Crippen LogP contribution in [0.4, 0.5) is 0 Å². The Morgan fingerprint density at radius 2 is 2.15 bits per heavy atom. The van der Waals surface area contributed by atoms with Crippen LogP contribution in [-0.2, 0) is 14.4 Å². The van der Waals surface area contributed by atoms with Gasteiger partial charge in [-0.3, -0.25) is 9.63 Å². The maximum absolute atomic E-state index is 11.0. The summed E-state index contributed by atoms with van der Waals surface area (Å²) in [6.07, 6.45) is 1.27. The topological polar surface area (TPSA) is 75.6 Å². The van der Waals surface area contributed by atoms with Crippen molar-refractivity contribution in [1.29, 1.82) is 0 Å². The number of hydrogen-bond acceptors (Lipinski definition) is 3. The van der Waals surface area contributed by atoms with Crippen LogP contribution in [0.3, 0.4) is 0 Å². The Bertz CT molecular complexity index is 181. The van der Waals surface area contributed by atoms with Gasteiger partial charge in [0.05, 0.1) is 0 Å². The van der Waals surface area contributed by atoms with Gasteiger partial charge in [-0.25, -0.2) is 10.3 Å².